The number of nitrogens with zero attached hydrogens (tertiary/aromatic N) is 8. The number of aromatic nitrogens is 6. The Labute approximate surface area is 228 Å². The van der Waals surface area contributed by atoms with Gasteiger partial charge in [0, 0.05) is 40.0 Å². The predicted octanol–water partition coefficient (Wildman–Crippen LogP) is 0.0998. The molecule has 2 aliphatic heterocycles. The third-order valence-electron chi connectivity index (χ3n) is 6.89. The van der Waals surface area contributed by atoms with Gasteiger partial charge < -0.3 is 31.6 Å². The van der Waals surface area contributed by atoms with Crippen molar-refractivity contribution in [2.24, 2.45) is 4.99 Å². The topological polar surface area (TPSA) is 209 Å². The second-order valence-corrected chi connectivity index (χ2v) is 10.2. The molecule has 3 aromatic rings. The van der Waals surface area contributed by atoms with E-state index >= 15 is 0 Å². The lowest BCUT2D eigenvalue weighted by Crippen LogP contribution is -2.56. The summed E-state index contributed by atoms with van der Waals surface area (Å²) >= 11 is 5.87. The minimum atomic E-state index is -0.591. The van der Waals surface area contributed by atoms with E-state index in [9.17, 15) is 9.59 Å². The number of amides is 2. The van der Waals surface area contributed by atoms with Gasteiger partial charge in [0.25, 0.3) is 5.91 Å². The van der Waals surface area contributed by atoms with Gasteiger partial charge in [0.15, 0.2) is 39.9 Å². The van der Waals surface area contributed by atoms with Gasteiger partial charge in [-0.3, -0.25) is 19.9 Å². The first-order valence-corrected chi connectivity index (χ1v) is 12.9. The summed E-state index contributed by atoms with van der Waals surface area (Å²) in [4.78, 5) is 57.8. The summed E-state index contributed by atoms with van der Waals surface area (Å²) in [5, 5.41) is 5.87. The Balaban J connectivity index is 1.09. The number of carbonyl (C=O) groups is 2. The Morgan fingerprint density at radius 2 is 1.92 bits per heavy atom. The van der Waals surface area contributed by atoms with Gasteiger partial charge in [0.1, 0.15) is 17.7 Å². The zero-order valence-corrected chi connectivity index (χ0v) is 22.4. The summed E-state index contributed by atoms with van der Waals surface area (Å²) < 4.78 is 0. The molecular formula is C23H30ClN13O2. The van der Waals surface area contributed by atoms with Gasteiger partial charge in [-0.1, -0.05) is 11.6 Å². The average molecular weight is 556 g/mol. The molecule has 0 aromatic carbocycles. The van der Waals surface area contributed by atoms with Crippen molar-refractivity contribution in [3.63, 3.8) is 0 Å². The van der Waals surface area contributed by atoms with Gasteiger partial charge in [0.05, 0.1) is 12.1 Å². The minimum Gasteiger partial charge on any atom is -0.382 e. The van der Waals surface area contributed by atoms with Crippen LogP contribution in [0.15, 0.2) is 11.3 Å². The SMILES string of the molecule is CN(C)c1ncnc2nc(CCCC(=O)N3CCC4(CC3)CN=C(NC(=O)c3nc(Cl)c(N)nc3N)N4)[nH]c12. The van der Waals surface area contributed by atoms with Crippen LogP contribution in [-0.4, -0.2) is 91.8 Å². The number of nitrogens with two attached hydrogens (primary N) is 2. The van der Waals surface area contributed by atoms with Crippen molar-refractivity contribution in [1.29, 1.82) is 0 Å². The molecule has 2 amide bonds. The molecule has 2 aliphatic rings. The van der Waals surface area contributed by atoms with E-state index in [1.165, 1.54) is 6.33 Å². The highest BCUT2D eigenvalue weighted by atomic mass is 35.5. The van der Waals surface area contributed by atoms with Gasteiger partial charge in [-0.25, -0.2) is 24.9 Å². The number of hydrogen-bond donors (Lipinski definition) is 5. The van der Waals surface area contributed by atoms with E-state index in [0.717, 1.165) is 17.2 Å². The fourth-order valence-electron chi connectivity index (χ4n) is 4.76. The van der Waals surface area contributed by atoms with Crippen LogP contribution < -0.4 is 27.0 Å². The second kappa shape index (κ2) is 10.5. The third kappa shape index (κ3) is 5.48. The molecule has 1 saturated heterocycles. The van der Waals surface area contributed by atoms with Crippen LogP contribution in [-0.2, 0) is 11.2 Å². The van der Waals surface area contributed by atoms with Gasteiger partial charge in [0.2, 0.25) is 5.91 Å². The van der Waals surface area contributed by atoms with Gasteiger partial charge in [-0.05, 0) is 19.3 Å². The maximum atomic E-state index is 12.9. The van der Waals surface area contributed by atoms with Crippen molar-refractivity contribution < 1.29 is 9.59 Å². The molecule has 5 rings (SSSR count). The first kappa shape index (κ1) is 26.3. The molecule has 0 saturated carbocycles. The first-order valence-electron chi connectivity index (χ1n) is 12.5. The fraction of sp³-hybridized carbons (Fsp3) is 0.478. The molecule has 1 fully saturated rings. The Morgan fingerprint density at radius 3 is 2.67 bits per heavy atom. The van der Waals surface area contributed by atoms with E-state index in [2.05, 4.69) is 45.5 Å². The van der Waals surface area contributed by atoms with Crippen LogP contribution in [0.4, 0.5) is 17.5 Å². The molecular weight excluding hydrogens is 526 g/mol. The van der Waals surface area contributed by atoms with E-state index in [0.29, 0.717) is 63.3 Å². The number of likely N-dealkylation sites (tertiary alicyclic amines) is 1. The summed E-state index contributed by atoms with van der Waals surface area (Å²) in [6.07, 6.45) is 4.63. The van der Waals surface area contributed by atoms with Crippen molar-refractivity contribution >= 4 is 58.0 Å². The highest BCUT2D eigenvalue weighted by Gasteiger charge is 2.40. The standard InChI is InChI=1S/C23H30ClN13O2/c1-36(2)20-15-19(28-11-29-20)31-12(30-15)4-3-5-13(38)37-8-6-23(7-9-37)10-27-22(35-23)34-21(39)14-17(25)33-18(26)16(24)32-14/h11H,3-10H2,1-2H3,(H4,25,26,33)(H2,27,34,35,39)(H,28,29,30,31). The maximum Gasteiger partial charge on any atom is 0.280 e. The first-order chi connectivity index (χ1) is 18.6. The minimum absolute atomic E-state index is 0.0507. The lowest BCUT2D eigenvalue weighted by molar-refractivity contribution is -0.132. The molecule has 39 heavy (non-hydrogen) atoms. The fourth-order valence-corrected chi connectivity index (χ4v) is 4.89. The molecule has 0 atom stereocenters. The van der Waals surface area contributed by atoms with Gasteiger partial charge in [-0.15, -0.1) is 0 Å². The van der Waals surface area contributed by atoms with Crippen LogP contribution in [0.25, 0.3) is 11.2 Å². The number of guanidine groups is 1. The molecule has 16 heteroatoms. The molecule has 0 bridgehead atoms. The number of carbonyl (C=O) groups excluding carboxylic acids is 2. The predicted molar refractivity (Wildman–Crippen MR) is 146 cm³/mol. The number of aromatic amines is 1. The quantitative estimate of drug-likeness (QED) is 0.275. The number of aliphatic imine (C=N–C) groups is 1. The zero-order chi connectivity index (χ0) is 27.7. The van der Waals surface area contributed by atoms with Crippen molar-refractivity contribution in [2.45, 2.75) is 37.6 Å². The normalized spacial score (nSPS) is 16.3. The van der Waals surface area contributed by atoms with Crippen molar-refractivity contribution in [3.05, 3.63) is 23.0 Å². The molecule has 206 valence electrons. The Morgan fingerprint density at radius 1 is 1.15 bits per heavy atom. The molecule has 3 aromatic heterocycles. The molecule has 5 heterocycles. The average Bonchev–Trinajstić information content (AvgIpc) is 3.49. The van der Waals surface area contributed by atoms with E-state index in [4.69, 9.17) is 23.1 Å². The number of nitrogen functional groups attached to an aromatic ring is 2. The lowest BCUT2D eigenvalue weighted by atomic mass is 9.88. The molecule has 0 radical (unpaired) electrons. The van der Waals surface area contributed by atoms with E-state index in [-0.39, 0.29) is 33.9 Å². The van der Waals surface area contributed by atoms with Crippen LogP contribution in [0.3, 0.4) is 0 Å². The van der Waals surface area contributed by atoms with Crippen LogP contribution in [0.2, 0.25) is 5.15 Å². The van der Waals surface area contributed by atoms with E-state index in [1.54, 1.807) is 0 Å². The number of piperidine rings is 1. The molecule has 0 unspecified atom stereocenters. The van der Waals surface area contributed by atoms with Crippen molar-refractivity contribution in [1.82, 2.24) is 45.4 Å². The molecule has 0 aliphatic carbocycles. The zero-order valence-electron chi connectivity index (χ0n) is 21.7. The van der Waals surface area contributed by atoms with E-state index < -0.39 is 5.91 Å². The highest BCUT2D eigenvalue weighted by Crippen LogP contribution is 2.27. The van der Waals surface area contributed by atoms with Crippen LogP contribution >= 0.6 is 11.6 Å². The summed E-state index contributed by atoms with van der Waals surface area (Å²) in [5.74, 6) is 1.23. The number of aryl methyl sites for hydroxylation is 1. The molecule has 15 nitrogen and oxygen atoms in total. The number of anilines is 3. The number of imidazole rings is 1. The summed E-state index contributed by atoms with van der Waals surface area (Å²) in [6.45, 7) is 1.68. The maximum absolute atomic E-state index is 12.9. The van der Waals surface area contributed by atoms with Crippen molar-refractivity contribution in [3.8, 4) is 0 Å². The lowest BCUT2D eigenvalue weighted by Gasteiger charge is -2.39. The van der Waals surface area contributed by atoms with Crippen LogP contribution in [0.5, 0.6) is 0 Å². The summed E-state index contributed by atoms with van der Waals surface area (Å²) in [5.41, 5.74) is 12.3. The van der Waals surface area contributed by atoms with Crippen molar-refractivity contribution in [2.75, 3.05) is 50.1 Å². The van der Waals surface area contributed by atoms with Crippen LogP contribution in [0, 0.1) is 0 Å². The number of halogens is 1. The number of hydrogen-bond acceptors (Lipinski definition) is 12. The van der Waals surface area contributed by atoms with E-state index in [1.807, 2.05) is 23.9 Å². The number of rotatable bonds is 6. The second-order valence-electron chi connectivity index (χ2n) is 9.87. The van der Waals surface area contributed by atoms with Crippen LogP contribution in [0.1, 0.15) is 42.0 Å². The Hall–Kier alpha value is -4.27. The Kier molecular flexibility index (Phi) is 7.08. The largest absolute Gasteiger partial charge is 0.382 e. The monoisotopic (exact) mass is 555 g/mol. The molecule has 7 N–H and O–H groups in total. The molecule has 1 spiro atoms. The summed E-state index contributed by atoms with van der Waals surface area (Å²) in [6, 6.07) is 0. The number of fused-ring (bicyclic) bond motifs is 1. The Bertz CT molecular complexity index is 1450. The number of H-pyrrole nitrogens is 1. The van der Waals surface area contributed by atoms with Gasteiger partial charge in [-0.2, -0.15) is 0 Å². The highest BCUT2D eigenvalue weighted by molar-refractivity contribution is 6.31. The van der Waals surface area contributed by atoms with Gasteiger partial charge >= 0.3 is 0 Å². The summed E-state index contributed by atoms with van der Waals surface area (Å²) in [7, 11) is 3.83. The smallest absolute Gasteiger partial charge is 0.280 e. The third-order valence-corrected chi connectivity index (χ3v) is 7.17. The number of nitrogens with one attached hydrogen (secondary N) is 3.